The first-order chi connectivity index (χ1) is 5.67. The maximum Gasteiger partial charge on any atom is 0.409 e. The second-order valence-corrected chi connectivity index (χ2v) is 2.15. The van der Waals surface area contributed by atoms with Gasteiger partial charge in [-0.3, -0.25) is 4.90 Å². The molecule has 0 fully saturated rings. The van der Waals surface area contributed by atoms with Crippen molar-refractivity contribution >= 4 is 6.09 Å². The third-order valence-corrected chi connectivity index (χ3v) is 1.43. The molecule has 1 amide bonds. The van der Waals surface area contributed by atoms with Gasteiger partial charge in [0.1, 0.15) is 0 Å². The van der Waals surface area contributed by atoms with Crippen molar-refractivity contribution in [3.8, 4) is 0 Å². The second kappa shape index (κ2) is 5.60. The Bertz CT molecular complexity index is 158. The van der Waals surface area contributed by atoms with E-state index in [1.807, 2.05) is 6.92 Å². The molecule has 0 spiro atoms. The van der Waals surface area contributed by atoms with Crippen LogP contribution in [0.15, 0.2) is 12.7 Å². The van der Waals surface area contributed by atoms with Crippen molar-refractivity contribution in [3.63, 3.8) is 0 Å². The molecule has 0 aliphatic carbocycles. The molecular formula is C8H15NO3. The van der Waals surface area contributed by atoms with Gasteiger partial charge in [-0.25, -0.2) is 4.79 Å². The fourth-order valence-electron chi connectivity index (χ4n) is 0.880. The number of rotatable bonds is 5. The summed E-state index contributed by atoms with van der Waals surface area (Å²) in [5.74, 6) is 0. The van der Waals surface area contributed by atoms with Gasteiger partial charge in [0.25, 0.3) is 0 Å². The average Bonchev–Trinajstić information content (AvgIpc) is 2.03. The highest BCUT2D eigenvalue weighted by molar-refractivity contribution is 5.65. The Morgan fingerprint density at radius 2 is 2.33 bits per heavy atom. The summed E-state index contributed by atoms with van der Waals surface area (Å²) in [4.78, 5) is 11.8. The van der Waals surface area contributed by atoms with E-state index in [1.165, 1.54) is 11.0 Å². The molecule has 0 saturated heterocycles. The fourth-order valence-corrected chi connectivity index (χ4v) is 0.880. The molecular weight excluding hydrogens is 158 g/mol. The second-order valence-electron chi connectivity index (χ2n) is 2.15. The summed E-state index contributed by atoms with van der Waals surface area (Å²) in [5.41, 5.74) is 0. The maximum atomic E-state index is 10.6. The Kier molecular flexibility index (Phi) is 5.12. The summed E-state index contributed by atoms with van der Waals surface area (Å²) in [5, 5.41) is 8.70. The third kappa shape index (κ3) is 2.92. The Labute approximate surface area is 72.4 Å². The van der Waals surface area contributed by atoms with Crippen LogP contribution in [0, 0.1) is 0 Å². The minimum absolute atomic E-state index is 0.395. The van der Waals surface area contributed by atoms with Gasteiger partial charge in [-0.15, -0.1) is 0 Å². The first-order valence-electron chi connectivity index (χ1n) is 3.91. The van der Waals surface area contributed by atoms with Crippen LogP contribution in [0.3, 0.4) is 0 Å². The van der Waals surface area contributed by atoms with Gasteiger partial charge in [-0.05, 0) is 19.9 Å². The first-order valence-corrected chi connectivity index (χ1v) is 3.91. The van der Waals surface area contributed by atoms with Crippen LogP contribution in [0.5, 0.6) is 0 Å². The van der Waals surface area contributed by atoms with E-state index in [4.69, 9.17) is 9.84 Å². The highest BCUT2D eigenvalue weighted by Gasteiger charge is 2.18. The zero-order chi connectivity index (χ0) is 9.56. The van der Waals surface area contributed by atoms with Crippen molar-refractivity contribution in [3.05, 3.63) is 12.7 Å². The molecule has 0 heterocycles. The summed E-state index contributed by atoms with van der Waals surface area (Å²) in [6.45, 7) is 7.93. The van der Waals surface area contributed by atoms with Gasteiger partial charge in [-0.2, -0.15) is 0 Å². The van der Waals surface area contributed by atoms with Crippen LogP contribution >= 0.6 is 0 Å². The molecule has 0 aromatic carbocycles. The van der Waals surface area contributed by atoms with Gasteiger partial charge < -0.3 is 9.84 Å². The van der Waals surface area contributed by atoms with Crippen LogP contribution in [-0.4, -0.2) is 35.5 Å². The number of nitrogens with zero attached hydrogens (tertiary/aromatic N) is 1. The van der Waals surface area contributed by atoms with E-state index in [9.17, 15) is 4.79 Å². The normalized spacial score (nSPS) is 12.2. The van der Waals surface area contributed by atoms with Gasteiger partial charge in [0.15, 0.2) is 6.23 Å². The molecule has 0 aromatic rings. The Morgan fingerprint density at radius 1 is 1.75 bits per heavy atom. The highest BCUT2D eigenvalue weighted by atomic mass is 16.5. The lowest BCUT2D eigenvalue weighted by Crippen LogP contribution is -2.39. The molecule has 4 heteroatoms. The fraction of sp³-hybridized carbons (Fsp3) is 0.625. The van der Waals surface area contributed by atoms with Gasteiger partial charge in [0.2, 0.25) is 0 Å². The number of carboxylic acid groups (broad SMARTS) is 1. The maximum absolute atomic E-state index is 10.6. The monoisotopic (exact) mass is 173 g/mol. The van der Waals surface area contributed by atoms with E-state index in [-0.39, 0.29) is 0 Å². The van der Waals surface area contributed by atoms with E-state index in [2.05, 4.69) is 6.58 Å². The van der Waals surface area contributed by atoms with Crippen molar-refractivity contribution in [1.29, 1.82) is 0 Å². The molecule has 70 valence electrons. The zero-order valence-corrected chi connectivity index (χ0v) is 7.49. The molecule has 0 bridgehead atoms. The average molecular weight is 173 g/mol. The smallest absolute Gasteiger partial charge is 0.409 e. The van der Waals surface area contributed by atoms with Crippen LogP contribution in [-0.2, 0) is 4.74 Å². The topological polar surface area (TPSA) is 49.8 Å². The molecule has 1 N–H and O–H groups in total. The summed E-state index contributed by atoms with van der Waals surface area (Å²) in [6.07, 6.45) is -0.0467. The van der Waals surface area contributed by atoms with Crippen LogP contribution in [0.1, 0.15) is 13.8 Å². The van der Waals surface area contributed by atoms with Gasteiger partial charge in [0, 0.05) is 13.2 Å². The first kappa shape index (κ1) is 11.0. The summed E-state index contributed by atoms with van der Waals surface area (Å²) in [6, 6.07) is 0. The van der Waals surface area contributed by atoms with Crippen molar-refractivity contribution < 1.29 is 14.6 Å². The summed E-state index contributed by atoms with van der Waals surface area (Å²) >= 11 is 0. The van der Waals surface area contributed by atoms with Crippen molar-refractivity contribution in [1.82, 2.24) is 4.90 Å². The van der Waals surface area contributed by atoms with Crippen molar-refractivity contribution in [2.24, 2.45) is 0 Å². The van der Waals surface area contributed by atoms with Crippen LogP contribution in [0.25, 0.3) is 0 Å². The lowest BCUT2D eigenvalue weighted by Gasteiger charge is -2.24. The van der Waals surface area contributed by atoms with E-state index in [0.717, 1.165) is 0 Å². The molecule has 0 aromatic heterocycles. The van der Waals surface area contributed by atoms with E-state index >= 15 is 0 Å². The van der Waals surface area contributed by atoms with Crippen LogP contribution in [0.2, 0.25) is 0 Å². The molecule has 4 nitrogen and oxygen atoms in total. The molecule has 0 rings (SSSR count). The Balaban J connectivity index is 4.22. The molecule has 0 radical (unpaired) electrons. The lowest BCUT2D eigenvalue weighted by molar-refractivity contribution is -0.00995. The predicted molar refractivity (Wildman–Crippen MR) is 46.0 cm³/mol. The minimum atomic E-state index is -0.990. The number of ether oxygens (including phenoxy) is 1. The lowest BCUT2D eigenvalue weighted by atomic mass is 10.4. The number of hydrogen-bond acceptors (Lipinski definition) is 2. The van der Waals surface area contributed by atoms with E-state index < -0.39 is 12.3 Å². The standard InChI is InChI=1S/C8H15NO3/c1-4-7(12-6-3)9(5-2)8(10)11/h4,7H,1,5-6H2,2-3H3,(H,10,11). The van der Waals surface area contributed by atoms with E-state index in [0.29, 0.717) is 13.2 Å². The van der Waals surface area contributed by atoms with Crippen molar-refractivity contribution in [2.75, 3.05) is 13.2 Å². The highest BCUT2D eigenvalue weighted by Crippen LogP contribution is 2.02. The molecule has 12 heavy (non-hydrogen) atoms. The molecule has 1 atom stereocenters. The molecule has 0 saturated carbocycles. The predicted octanol–water partition coefficient (Wildman–Crippen LogP) is 1.53. The number of hydrogen-bond donors (Lipinski definition) is 1. The Morgan fingerprint density at radius 3 is 2.58 bits per heavy atom. The zero-order valence-electron chi connectivity index (χ0n) is 7.49. The summed E-state index contributed by atoms with van der Waals surface area (Å²) in [7, 11) is 0. The molecule has 0 aliphatic rings. The largest absolute Gasteiger partial charge is 0.465 e. The number of amides is 1. The summed E-state index contributed by atoms with van der Waals surface area (Å²) < 4.78 is 5.13. The SMILES string of the molecule is C=CC(OCC)N(CC)C(=O)O. The van der Waals surface area contributed by atoms with Gasteiger partial charge in [0.05, 0.1) is 0 Å². The number of carbonyl (C=O) groups is 1. The van der Waals surface area contributed by atoms with E-state index in [1.54, 1.807) is 6.92 Å². The molecule has 0 aliphatic heterocycles. The van der Waals surface area contributed by atoms with Crippen molar-refractivity contribution in [2.45, 2.75) is 20.1 Å². The minimum Gasteiger partial charge on any atom is -0.465 e. The quantitative estimate of drug-likeness (QED) is 0.506. The number of likely N-dealkylation sites (N-methyl/N-ethyl adjacent to an activating group) is 1. The van der Waals surface area contributed by atoms with Gasteiger partial charge >= 0.3 is 6.09 Å². The Hall–Kier alpha value is -1.03. The molecule has 1 unspecified atom stereocenters. The third-order valence-electron chi connectivity index (χ3n) is 1.43. The van der Waals surface area contributed by atoms with Gasteiger partial charge in [-0.1, -0.05) is 6.58 Å². The van der Waals surface area contributed by atoms with Crippen LogP contribution < -0.4 is 0 Å². The van der Waals surface area contributed by atoms with Crippen LogP contribution in [0.4, 0.5) is 4.79 Å².